The summed E-state index contributed by atoms with van der Waals surface area (Å²) in [4.78, 5) is 34.0. The molecule has 0 bridgehead atoms. The van der Waals surface area contributed by atoms with Crippen molar-refractivity contribution >= 4 is 56.9 Å². The number of nitrogen functional groups attached to an aromatic ring is 1. The van der Waals surface area contributed by atoms with Crippen LogP contribution in [0.3, 0.4) is 0 Å². The van der Waals surface area contributed by atoms with Crippen molar-refractivity contribution in [3.05, 3.63) is 150 Å². The van der Waals surface area contributed by atoms with Crippen LogP contribution in [0.1, 0.15) is 12.0 Å². The number of halogens is 4. The summed E-state index contributed by atoms with van der Waals surface area (Å²) in [5, 5.41) is 26.0. The van der Waals surface area contributed by atoms with Crippen molar-refractivity contribution in [2.45, 2.75) is 12.8 Å². The van der Waals surface area contributed by atoms with E-state index in [2.05, 4.69) is 30.0 Å². The minimum absolute atomic E-state index is 0.0116. The lowest BCUT2D eigenvalue weighted by molar-refractivity contribution is -0.387. The van der Waals surface area contributed by atoms with Gasteiger partial charge in [0.05, 0.1) is 41.8 Å². The van der Waals surface area contributed by atoms with Crippen LogP contribution < -0.4 is 21.3 Å². The van der Waals surface area contributed by atoms with E-state index in [0.717, 1.165) is 37.2 Å². The number of nitro groups is 2. The molecule has 0 radical (unpaired) electrons. The summed E-state index contributed by atoms with van der Waals surface area (Å²) in [5.74, 6) is -0.978. The third kappa shape index (κ3) is 13.9. The summed E-state index contributed by atoms with van der Waals surface area (Å²) in [5.41, 5.74) is 9.90. The number of nitrogens with one attached hydrogen (secondary N) is 2. The molecular weight excluding hydrogens is 724 g/mol. The first-order valence-electron chi connectivity index (χ1n) is 16.1. The first-order valence-corrected chi connectivity index (χ1v) is 16.1. The third-order valence-electron chi connectivity index (χ3n) is 7.32. The molecule has 284 valence electrons. The van der Waals surface area contributed by atoms with E-state index in [1.807, 2.05) is 23.1 Å². The second-order valence-corrected chi connectivity index (χ2v) is 10.9. The second-order valence-electron chi connectivity index (χ2n) is 10.9. The molecule has 4 aromatic carbocycles. The van der Waals surface area contributed by atoms with Crippen molar-refractivity contribution in [2.75, 3.05) is 67.5 Å². The van der Waals surface area contributed by atoms with E-state index in [9.17, 15) is 37.8 Å². The summed E-state index contributed by atoms with van der Waals surface area (Å²) >= 11 is 0. The average molecular weight is 759 g/mol. The Labute approximate surface area is 314 Å². The van der Waals surface area contributed by atoms with E-state index in [4.69, 9.17) is 32.0 Å². The second kappa shape index (κ2) is 23.2. The maximum absolute atomic E-state index is 12.7. The smallest absolute Gasteiger partial charge is 0.302 e. The van der Waals surface area contributed by atoms with Gasteiger partial charge in [0.15, 0.2) is 28.6 Å². The van der Waals surface area contributed by atoms with E-state index in [1.165, 1.54) is 29.8 Å². The Kier molecular flexibility index (Phi) is 18.4. The number of rotatable bonds is 10. The van der Waals surface area contributed by atoms with Crippen LogP contribution in [-0.2, 0) is 6.42 Å². The summed E-state index contributed by atoms with van der Waals surface area (Å²) < 4.78 is 48.8. The number of alkyl halides is 3. The molecule has 0 aliphatic carbocycles. The molecule has 0 atom stereocenters. The largest absolute Gasteiger partial charge is 0.397 e. The van der Waals surface area contributed by atoms with Crippen molar-refractivity contribution < 1.29 is 27.4 Å². The molecule has 0 amide bonds. The van der Waals surface area contributed by atoms with Gasteiger partial charge in [0.25, 0.3) is 5.69 Å². The van der Waals surface area contributed by atoms with Crippen LogP contribution in [-0.4, -0.2) is 56.0 Å². The van der Waals surface area contributed by atoms with E-state index >= 15 is 0 Å². The summed E-state index contributed by atoms with van der Waals surface area (Å²) in [7, 11) is 0. The molecule has 0 unspecified atom stereocenters. The van der Waals surface area contributed by atoms with Gasteiger partial charge in [0.2, 0.25) is 0 Å². The highest BCUT2D eigenvalue weighted by Gasteiger charge is 2.17. The molecule has 0 saturated heterocycles. The normalized spacial score (nSPS) is 10.7. The molecule has 1 aliphatic heterocycles. The number of hydrogen-bond donors (Lipinski definition) is 3. The summed E-state index contributed by atoms with van der Waals surface area (Å²) in [6, 6.07) is 17.5. The summed E-state index contributed by atoms with van der Waals surface area (Å²) in [6.45, 7) is 27.1. The number of benzene rings is 4. The Morgan fingerprint density at radius 3 is 1.71 bits per heavy atom. The van der Waals surface area contributed by atoms with E-state index in [0.29, 0.717) is 29.3 Å². The predicted molar refractivity (Wildman–Crippen MR) is 204 cm³/mol. The third-order valence-corrected chi connectivity index (χ3v) is 7.32. The minimum Gasteiger partial charge on any atom is -0.397 e. The molecule has 14 nitrogen and oxygen atoms in total. The fourth-order valence-electron chi connectivity index (χ4n) is 4.78. The van der Waals surface area contributed by atoms with Crippen molar-refractivity contribution in [2.24, 2.45) is 0 Å². The number of nitrogens with two attached hydrogens (primary N) is 1. The number of fused-ring (bicyclic) bond motifs is 1. The number of nitrogens with zero attached hydrogens (tertiary/aromatic N) is 7. The average Bonchev–Trinajstić information content (AvgIpc) is 3.20. The van der Waals surface area contributed by atoms with Crippen LogP contribution in [0.5, 0.6) is 0 Å². The van der Waals surface area contributed by atoms with Gasteiger partial charge in [-0.05, 0) is 60.9 Å². The molecule has 5 rings (SSSR count). The molecule has 4 N–H and O–H groups in total. The minimum atomic E-state index is -0.978. The summed E-state index contributed by atoms with van der Waals surface area (Å²) in [6.07, 6.45) is 2.11. The molecule has 0 spiro atoms. The van der Waals surface area contributed by atoms with Gasteiger partial charge in [-0.2, -0.15) is 0 Å². The molecule has 0 aromatic heterocycles. The Hall–Kier alpha value is -7.44. The van der Waals surface area contributed by atoms with Gasteiger partial charge < -0.3 is 21.3 Å². The van der Waals surface area contributed by atoms with Crippen molar-refractivity contribution in [1.82, 2.24) is 0 Å². The van der Waals surface area contributed by atoms with Crippen molar-refractivity contribution in [3.8, 4) is 0 Å². The van der Waals surface area contributed by atoms with Crippen LogP contribution in [0.4, 0.5) is 74.4 Å². The predicted octanol–water partition coefficient (Wildman–Crippen LogP) is 9.97. The fourth-order valence-corrected chi connectivity index (χ4v) is 4.78. The Morgan fingerprint density at radius 2 is 1.18 bits per heavy atom. The lowest BCUT2D eigenvalue weighted by Gasteiger charge is -2.30. The molecule has 0 saturated carbocycles. The van der Waals surface area contributed by atoms with Crippen LogP contribution in [0.25, 0.3) is 19.4 Å². The molecular formula is C37H34F4N10O4. The highest BCUT2D eigenvalue weighted by atomic mass is 19.1. The van der Waals surface area contributed by atoms with Crippen molar-refractivity contribution in [1.29, 1.82) is 0 Å². The van der Waals surface area contributed by atoms with Gasteiger partial charge in [-0.15, -0.1) is 0 Å². The molecule has 0 fully saturated rings. The first-order chi connectivity index (χ1) is 26.5. The zero-order valence-electron chi connectivity index (χ0n) is 29.1. The number of nitro benzene ring substituents is 2. The number of anilines is 4. The SMILES string of the molecule is [C-]#[N+]c1ccc(N)c(NCCF)c1.[C-]#[N+]c1ccc([N+](=O)[O-])c(F)c1.[C-]#[N+]c1ccc([N+](=O)[O-])c(NCCF)c1.[C-]#[N+]c1ccc2c(c1)N(CCF)CCC2. The number of aryl methyl sites for hydroxylation is 1. The molecule has 4 aromatic rings. The molecule has 1 heterocycles. The Balaban J connectivity index is 0.000000255. The van der Waals surface area contributed by atoms with Gasteiger partial charge in [0, 0.05) is 49.7 Å². The van der Waals surface area contributed by atoms with Crippen molar-refractivity contribution in [3.63, 3.8) is 0 Å². The van der Waals surface area contributed by atoms with Gasteiger partial charge in [-0.25, -0.2) is 36.9 Å². The highest BCUT2D eigenvalue weighted by molar-refractivity contribution is 5.72. The van der Waals surface area contributed by atoms with E-state index < -0.39 is 34.7 Å². The van der Waals surface area contributed by atoms with Crippen LogP contribution in [0.2, 0.25) is 0 Å². The lowest BCUT2D eigenvalue weighted by atomic mass is 10.0. The van der Waals surface area contributed by atoms with Crippen LogP contribution in [0, 0.1) is 52.3 Å². The molecule has 1 aliphatic rings. The van der Waals surface area contributed by atoms with Gasteiger partial charge in [-0.3, -0.25) is 20.2 Å². The topological polar surface area (TPSA) is 157 Å². The van der Waals surface area contributed by atoms with Gasteiger partial charge >= 0.3 is 5.69 Å². The van der Waals surface area contributed by atoms with E-state index in [-0.39, 0.29) is 42.5 Å². The Morgan fingerprint density at radius 1 is 0.691 bits per heavy atom. The maximum Gasteiger partial charge on any atom is 0.302 e. The Bertz CT molecular complexity index is 2110. The monoisotopic (exact) mass is 758 g/mol. The van der Waals surface area contributed by atoms with Crippen LogP contribution >= 0.6 is 0 Å². The standard InChI is InChI=1S/C12H13FN2.C9H8FN3O2.C9H10FN3.C7H3FN2O2/c1-14-11-5-4-10-3-2-7-15(8-6-13)12(10)9-11;1-11-7-2-3-9(13(14)15)8(6-7)12-5-4-10;1-12-7-2-3-8(11)9(6-7)13-5-4-10;1-9-5-2-3-7(10(11)12)6(8)4-5/h4-5,9H,2-3,6-8H2;2-3,6,12H,4-5H2;2-3,6,13H,4-5,11H2;2-4H. The zero-order valence-corrected chi connectivity index (χ0v) is 29.1. The lowest BCUT2D eigenvalue weighted by Crippen LogP contribution is -2.31. The van der Waals surface area contributed by atoms with Gasteiger partial charge in [-0.1, -0.05) is 18.2 Å². The van der Waals surface area contributed by atoms with Gasteiger partial charge in [0.1, 0.15) is 25.7 Å². The highest BCUT2D eigenvalue weighted by Crippen LogP contribution is 2.31. The number of hydrogen-bond acceptors (Lipinski definition) is 8. The maximum atomic E-state index is 12.7. The quantitative estimate of drug-likeness (QED) is 0.0474. The molecule has 55 heavy (non-hydrogen) atoms. The zero-order chi connectivity index (χ0) is 40.8. The first kappa shape index (κ1) is 43.7. The van der Waals surface area contributed by atoms with E-state index in [1.54, 1.807) is 18.2 Å². The fraction of sp³-hybridized carbons (Fsp3) is 0.243. The van der Waals surface area contributed by atoms with Crippen LogP contribution in [0.15, 0.2) is 72.8 Å². The molecule has 18 heteroatoms.